The van der Waals surface area contributed by atoms with Crippen LogP contribution in [0.25, 0.3) is 10.8 Å². The second kappa shape index (κ2) is 2.90. The molecular formula is C9H9N3OS. The van der Waals surface area contributed by atoms with E-state index in [-0.39, 0.29) is 6.10 Å². The first-order valence-electron chi connectivity index (χ1n) is 4.39. The maximum absolute atomic E-state index is 5.19. The van der Waals surface area contributed by atoms with E-state index in [1.54, 1.807) is 17.5 Å². The van der Waals surface area contributed by atoms with Gasteiger partial charge in [0.2, 0.25) is 0 Å². The van der Waals surface area contributed by atoms with Crippen molar-refractivity contribution >= 4 is 11.3 Å². The van der Waals surface area contributed by atoms with Crippen LogP contribution in [0.2, 0.25) is 0 Å². The van der Waals surface area contributed by atoms with E-state index in [1.165, 1.54) is 0 Å². The first kappa shape index (κ1) is 8.14. The quantitative estimate of drug-likeness (QED) is 0.703. The molecule has 0 saturated carbocycles. The van der Waals surface area contributed by atoms with Crippen molar-refractivity contribution in [3.8, 4) is 10.8 Å². The molecule has 0 radical (unpaired) electrons. The predicted octanol–water partition coefficient (Wildman–Crippen LogP) is 1.61. The number of hydrogen-bond acceptors (Lipinski definition) is 4. The van der Waals surface area contributed by atoms with Crippen molar-refractivity contribution in [2.75, 3.05) is 6.61 Å². The summed E-state index contributed by atoms with van der Waals surface area (Å²) in [6.45, 7) is 0.800. The van der Waals surface area contributed by atoms with E-state index in [4.69, 9.17) is 4.74 Å². The van der Waals surface area contributed by atoms with E-state index in [2.05, 4.69) is 9.97 Å². The van der Waals surface area contributed by atoms with Gasteiger partial charge in [-0.2, -0.15) is 0 Å². The molecule has 3 rings (SSSR count). The Morgan fingerprint density at radius 1 is 1.64 bits per heavy atom. The van der Waals surface area contributed by atoms with Crippen molar-refractivity contribution in [1.29, 1.82) is 0 Å². The van der Waals surface area contributed by atoms with Crippen molar-refractivity contribution in [1.82, 2.24) is 14.5 Å². The third-order valence-corrected chi connectivity index (χ3v) is 2.95. The minimum atomic E-state index is 0.218. The topological polar surface area (TPSA) is 43.2 Å². The number of imidazole rings is 1. The van der Waals surface area contributed by atoms with Crippen LogP contribution in [0.1, 0.15) is 11.8 Å². The second-order valence-electron chi connectivity index (χ2n) is 3.26. The van der Waals surface area contributed by atoms with Crippen molar-refractivity contribution < 1.29 is 4.74 Å². The van der Waals surface area contributed by atoms with Gasteiger partial charge in [-0.15, -0.1) is 11.3 Å². The van der Waals surface area contributed by atoms with Crippen LogP contribution in [-0.2, 0) is 11.8 Å². The number of ether oxygens (including phenoxy) is 1. The molecule has 14 heavy (non-hydrogen) atoms. The van der Waals surface area contributed by atoms with Gasteiger partial charge in [-0.3, -0.25) is 0 Å². The molecule has 0 aromatic carbocycles. The number of hydrogen-bond donors (Lipinski definition) is 0. The lowest BCUT2D eigenvalue weighted by Crippen LogP contribution is -1.89. The van der Waals surface area contributed by atoms with Crippen LogP contribution < -0.4 is 0 Å². The zero-order valence-electron chi connectivity index (χ0n) is 7.67. The monoisotopic (exact) mass is 207 g/mol. The fourth-order valence-electron chi connectivity index (χ4n) is 1.40. The summed E-state index contributed by atoms with van der Waals surface area (Å²) in [4.78, 5) is 8.73. The van der Waals surface area contributed by atoms with E-state index in [0.717, 1.165) is 23.1 Å². The molecule has 4 nitrogen and oxygen atoms in total. The highest BCUT2D eigenvalue weighted by Crippen LogP contribution is 2.31. The van der Waals surface area contributed by atoms with E-state index >= 15 is 0 Å². The highest BCUT2D eigenvalue weighted by Gasteiger charge is 2.28. The molecule has 5 heteroatoms. The van der Waals surface area contributed by atoms with E-state index in [0.29, 0.717) is 0 Å². The number of thiazole rings is 1. The second-order valence-corrected chi connectivity index (χ2v) is 4.15. The molecule has 0 aliphatic carbocycles. The van der Waals surface area contributed by atoms with Gasteiger partial charge in [0, 0.05) is 24.8 Å². The Kier molecular flexibility index (Phi) is 1.68. The smallest absolute Gasteiger partial charge is 0.169 e. The fourth-order valence-corrected chi connectivity index (χ4v) is 2.06. The molecule has 1 aliphatic heterocycles. The summed E-state index contributed by atoms with van der Waals surface area (Å²) in [6, 6.07) is 0. The number of aryl methyl sites for hydroxylation is 1. The largest absolute Gasteiger partial charge is 0.366 e. The molecule has 0 spiro atoms. The minimum absolute atomic E-state index is 0.218. The summed E-state index contributed by atoms with van der Waals surface area (Å²) in [5.74, 6) is 0.922. The fraction of sp³-hybridized carbons (Fsp3) is 0.333. The summed E-state index contributed by atoms with van der Waals surface area (Å²) < 4.78 is 7.18. The summed E-state index contributed by atoms with van der Waals surface area (Å²) in [5.41, 5.74) is 1.01. The Morgan fingerprint density at radius 3 is 3.14 bits per heavy atom. The van der Waals surface area contributed by atoms with Gasteiger partial charge >= 0.3 is 0 Å². The standard InChI is InChI=1S/C9H9N3OS/c1-12-4-6(7-5-13-7)11-8(12)9-10-2-3-14-9/h2-4,7H,5H2,1H3. The normalized spacial score (nSPS) is 19.9. The molecule has 1 fully saturated rings. The van der Waals surface area contributed by atoms with Crippen LogP contribution in [0, 0.1) is 0 Å². The van der Waals surface area contributed by atoms with Gasteiger partial charge in [0.1, 0.15) is 6.10 Å². The number of epoxide rings is 1. The lowest BCUT2D eigenvalue weighted by molar-refractivity contribution is 0.412. The minimum Gasteiger partial charge on any atom is -0.366 e. The van der Waals surface area contributed by atoms with Crippen LogP contribution in [0.15, 0.2) is 17.8 Å². The zero-order chi connectivity index (χ0) is 9.54. The number of nitrogens with zero attached hydrogens (tertiary/aromatic N) is 3. The van der Waals surface area contributed by atoms with Gasteiger partial charge in [0.15, 0.2) is 10.8 Å². The van der Waals surface area contributed by atoms with Crippen LogP contribution in [0.3, 0.4) is 0 Å². The molecular weight excluding hydrogens is 198 g/mol. The third-order valence-electron chi connectivity index (χ3n) is 2.18. The molecule has 3 heterocycles. The van der Waals surface area contributed by atoms with Gasteiger partial charge in [0.25, 0.3) is 0 Å². The molecule has 2 aromatic heterocycles. The number of rotatable bonds is 2. The number of aromatic nitrogens is 3. The summed E-state index contributed by atoms with van der Waals surface area (Å²) in [6.07, 6.45) is 4.02. The summed E-state index contributed by atoms with van der Waals surface area (Å²) in [7, 11) is 1.98. The van der Waals surface area contributed by atoms with Crippen LogP contribution in [0.4, 0.5) is 0 Å². The van der Waals surface area contributed by atoms with Crippen LogP contribution in [-0.4, -0.2) is 21.1 Å². The molecule has 0 bridgehead atoms. The Bertz CT molecular complexity index is 445. The maximum Gasteiger partial charge on any atom is 0.169 e. The highest BCUT2D eigenvalue weighted by molar-refractivity contribution is 7.13. The van der Waals surface area contributed by atoms with Gasteiger partial charge in [0.05, 0.1) is 12.3 Å². The molecule has 1 aliphatic rings. The van der Waals surface area contributed by atoms with Crippen molar-refractivity contribution in [3.05, 3.63) is 23.5 Å². The zero-order valence-corrected chi connectivity index (χ0v) is 8.49. The van der Waals surface area contributed by atoms with Crippen LogP contribution in [0.5, 0.6) is 0 Å². The van der Waals surface area contributed by atoms with Gasteiger partial charge in [-0.1, -0.05) is 0 Å². The molecule has 72 valence electrons. The van der Waals surface area contributed by atoms with E-state index in [9.17, 15) is 0 Å². The predicted molar refractivity (Wildman–Crippen MR) is 53.0 cm³/mol. The summed E-state index contributed by atoms with van der Waals surface area (Å²) >= 11 is 1.60. The van der Waals surface area contributed by atoms with Crippen molar-refractivity contribution in [2.45, 2.75) is 6.10 Å². The molecule has 0 N–H and O–H groups in total. The highest BCUT2D eigenvalue weighted by atomic mass is 32.1. The SMILES string of the molecule is Cn1cc(C2CO2)nc1-c1nccs1. The summed E-state index contributed by atoms with van der Waals surface area (Å²) in [5, 5.41) is 2.91. The lowest BCUT2D eigenvalue weighted by atomic mass is 10.4. The Morgan fingerprint density at radius 2 is 2.50 bits per heavy atom. The van der Waals surface area contributed by atoms with E-state index < -0.39 is 0 Å². The van der Waals surface area contributed by atoms with E-state index in [1.807, 2.05) is 23.2 Å². The van der Waals surface area contributed by atoms with Gasteiger partial charge < -0.3 is 9.30 Å². The Labute approximate surface area is 85.2 Å². The first-order chi connectivity index (χ1) is 6.84. The molecule has 1 unspecified atom stereocenters. The first-order valence-corrected chi connectivity index (χ1v) is 5.27. The third kappa shape index (κ3) is 1.25. The Hall–Kier alpha value is -1.20. The van der Waals surface area contributed by atoms with Crippen molar-refractivity contribution in [2.24, 2.45) is 7.05 Å². The van der Waals surface area contributed by atoms with Crippen LogP contribution >= 0.6 is 11.3 Å². The van der Waals surface area contributed by atoms with Gasteiger partial charge in [-0.05, 0) is 0 Å². The average molecular weight is 207 g/mol. The molecule has 2 aromatic rings. The maximum atomic E-state index is 5.19. The lowest BCUT2D eigenvalue weighted by Gasteiger charge is -1.93. The molecule has 1 saturated heterocycles. The molecule has 1 atom stereocenters. The van der Waals surface area contributed by atoms with Crippen molar-refractivity contribution in [3.63, 3.8) is 0 Å². The Balaban J connectivity index is 2.05. The average Bonchev–Trinajstić information content (AvgIpc) is 2.75. The van der Waals surface area contributed by atoms with Gasteiger partial charge in [-0.25, -0.2) is 9.97 Å². The molecule has 0 amide bonds.